The van der Waals surface area contributed by atoms with Gasteiger partial charge in [0.2, 0.25) is 5.91 Å². The molecule has 0 spiro atoms. The van der Waals surface area contributed by atoms with Gasteiger partial charge in [0, 0.05) is 29.9 Å². The van der Waals surface area contributed by atoms with Gasteiger partial charge in [-0.25, -0.2) is 0 Å². The Kier molecular flexibility index (Phi) is 7.93. The molecule has 186 valence electrons. The van der Waals surface area contributed by atoms with E-state index >= 15 is 0 Å². The number of ether oxygens (including phenoxy) is 2. The van der Waals surface area contributed by atoms with Crippen molar-refractivity contribution in [2.45, 2.75) is 50.9 Å². The summed E-state index contributed by atoms with van der Waals surface area (Å²) in [4.78, 5) is 39.8. The molecule has 1 saturated heterocycles. The van der Waals surface area contributed by atoms with E-state index < -0.39 is 0 Å². The lowest BCUT2D eigenvalue weighted by Crippen LogP contribution is -2.54. The Bertz CT molecular complexity index is 1090. The molecule has 0 aromatic heterocycles. The van der Waals surface area contributed by atoms with Gasteiger partial charge >= 0.3 is 0 Å². The lowest BCUT2D eigenvalue weighted by Gasteiger charge is -2.42. The zero-order valence-electron chi connectivity index (χ0n) is 19.9. The third kappa shape index (κ3) is 5.94. The summed E-state index contributed by atoms with van der Waals surface area (Å²) in [5.74, 6) is -0.106. The van der Waals surface area contributed by atoms with Crippen LogP contribution in [-0.4, -0.2) is 61.1 Å². The molecule has 2 aromatic carbocycles. The smallest absolute Gasteiger partial charge is 0.257 e. The van der Waals surface area contributed by atoms with Crippen LogP contribution in [0.25, 0.3) is 0 Å². The third-order valence-electron chi connectivity index (χ3n) is 6.36. The number of fused-ring (bicyclic) bond motifs is 2. The highest BCUT2D eigenvalue weighted by Gasteiger charge is 2.39. The van der Waals surface area contributed by atoms with E-state index in [1.165, 1.54) is 0 Å². The number of benzene rings is 2. The molecule has 3 atom stereocenters. The Morgan fingerprint density at radius 1 is 1.14 bits per heavy atom. The van der Waals surface area contributed by atoms with Gasteiger partial charge in [0.05, 0.1) is 24.1 Å². The maximum atomic E-state index is 13.4. The van der Waals surface area contributed by atoms with Gasteiger partial charge < -0.3 is 25.0 Å². The second-order valence-electron chi connectivity index (χ2n) is 8.89. The molecule has 2 aliphatic rings. The van der Waals surface area contributed by atoms with Crippen molar-refractivity contribution >= 4 is 35.0 Å². The molecule has 2 aromatic rings. The summed E-state index contributed by atoms with van der Waals surface area (Å²) >= 11 is 5.90. The highest BCUT2D eigenvalue weighted by atomic mass is 35.5. The molecule has 2 aliphatic heterocycles. The van der Waals surface area contributed by atoms with Crippen molar-refractivity contribution in [2.75, 3.05) is 25.5 Å². The van der Waals surface area contributed by atoms with Crippen LogP contribution in [0.3, 0.4) is 0 Å². The van der Waals surface area contributed by atoms with Crippen LogP contribution in [0, 0.1) is 0 Å². The summed E-state index contributed by atoms with van der Waals surface area (Å²) in [5.41, 5.74) is 1.33. The fraction of sp³-hybridized carbons (Fsp3) is 0.423. The molecule has 0 aliphatic carbocycles. The standard InChI is InChI=1S/C26H30ClN3O5/c1-3-12-28-24(31)14-19-9-10-21-23(35-19)15-34-22-11-8-18(13-20(22)26(33)30(21)2)29-25(32)16-4-6-17(27)7-5-16/h4-8,11,13,19,21,23H,3,9-10,12,14-15H2,1-2H3,(H,28,31)(H,29,32)/t19-,21+,23+/m0/s1. The molecule has 0 bridgehead atoms. The minimum atomic E-state index is -0.334. The summed E-state index contributed by atoms with van der Waals surface area (Å²) in [6, 6.07) is 11.4. The number of nitrogens with one attached hydrogen (secondary N) is 2. The molecule has 8 nitrogen and oxygen atoms in total. The van der Waals surface area contributed by atoms with E-state index in [0.717, 1.165) is 6.42 Å². The van der Waals surface area contributed by atoms with Crippen LogP contribution in [0.2, 0.25) is 5.02 Å². The normalized spacial score (nSPS) is 21.6. The van der Waals surface area contributed by atoms with Gasteiger partial charge in [-0.15, -0.1) is 0 Å². The fourth-order valence-electron chi connectivity index (χ4n) is 4.45. The summed E-state index contributed by atoms with van der Waals surface area (Å²) in [5, 5.41) is 6.25. The Balaban J connectivity index is 1.46. The van der Waals surface area contributed by atoms with Crippen molar-refractivity contribution in [1.82, 2.24) is 10.2 Å². The number of carbonyl (C=O) groups is 3. The zero-order valence-corrected chi connectivity index (χ0v) is 20.6. The molecule has 2 N–H and O–H groups in total. The molecule has 0 unspecified atom stereocenters. The number of likely N-dealkylation sites (N-methyl/N-ethyl adjacent to an activating group) is 1. The van der Waals surface area contributed by atoms with Crippen molar-refractivity contribution in [3.8, 4) is 5.75 Å². The summed E-state index contributed by atoms with van der Waals surface area (Å²) in [6.07, 6.45) is 2.04. The van der Waals surface area contributed by atoms with Crippen LogP contribution in [0.5, 0.6) is 5.75 Å². The predicted octanol–water partition coefficient (Wildman–Crippen LogP) is 3.89. The number of anilines is 1. The summed E-state index contributed by atoms with van der Waals surface area (Å²) < 4.78 is 12.2. The predicted molar refractivity (Wildman–Crippen MR) is 133 cm³/mol. The number of halogens is 1. The monoisotopic (exact) mass is 499 g/mol. The molecule has 2 heterocycles. The molecule has 9 heteroatoms. The van der Waals surface area contributed by atoms with E-state index in [2.05, 4.69) is 10.6 Å². The maximum absolute atomic E-state index is 13.4. The average molecular weight is 500 g/mol. The van der Waals surface area contributed by atoms with Gasteiger partial charge in [-0.3, -0.25) is 14.4 Å². The molecule has 1 fully saturated rings. The Hall–Kier alpha value is -3.10. The first kappa shape index (κ1) is 25.0. The van der Waals surface area contributed by atoms with Crippen molar-refractivity contribution in [1.29, 1.82) is 0 Å². The number of nitrogens with zero attached hydrogens (tertiary/aromatic N) is 1. The van der Waals surface area contributed by atoms with Crippen molar-refractivity contribution < 1.29 is 23.9 Å². The Labute approximate surface area is 209 Å². The minimum absolute atomic E-state index is 0.0231. The molecule has 4 rings (SSSR count). The van der Waals surface area contributed by atoms with Gasteiger partial charge in [-0.2, -0.15) is 0 Å². The van der Waals surface area contributed by atoms with E-state index in [9.17, 15) is 14.4 Å². The summed E-state index contributed by atoms with van der Waals surface area (Å²) in [6.45, 7) is 2.92. The number of amides is 3. The van der Waals surface area contributed by atoms with Crippen molar-refractivity contribution in [3.05, 3.63) is 58.6 Å². The van der Waals surface area contributed by atoms with Gasteiger partial charge in [0.25, 0.3) is 11.8 Å². The average Bonchev–Trinajstić information content (AvgIpc) is 2.85. The summed E-state index contributed by atoms with van der Waals surface area (Å²) in [7, 11) is 1.76. The van der Waals surface area contributed by atoms with Crippen molar-refractivity contribution in [2.24, 2.45) is 0 Å². The fourth-order valence-corrected chi connectivity index (χ4v) is 4.58. The van der Waals surface area contributed by atoms with Crippen LogP contribution in [0.4, 0.5) is 5.69 Å². The highest BCUT2D eigenvalue weighted by Crippen LogP contribution is 2.32. The van der Waals surface area contributed by atoms with Gasteiger partial charge in [0.1, 0.15) is 18.5 Å². The lowest BCUT2D eigenvalue weighted by atomic mass is 9.94. The van der Waals surface area contributed by atoms with E-state index in [1.54, 1.807) is 54.4 Å². The Morgan fingerprint density at radius 2 is 1.91 bits per heavy atom. The number of hydrogen-bond acceptors (Lipinski definition) is 5. The number of hydrogen-bond donors (Lipinski definition) is 2. The quantitative estimate of drug-likeness (QED) is 0.628. The van der Waals surface area contributed by atoms with Crippen LogP contribution in [-0.2, 0) is 9.53 Å². The van der Waals surface area contributed by atoms with Gasteiger partial charge in [-0.1, -0.05) is 18.5 Å². The topological polar surface area (TPSA) is 97.0 Å². The number of rotatable bonds is 6. The van der Waals surface area contributed by atoms with E-state index in [4.69, 9.17) is 21.1 Å². The second-order valence-corrected chi connectivity index (χ2v) is 9.33. The first-order chi connectivity index (χ1) is 16.9. The zero-order chi connectivity index (χ0) is 24.9. The van der Waals surface area contributed by atoms with Crippen LogP contribution >= 0.6 is 11.6 Å². The van der Waals surface area contributed by atoms with Gasteiger partial charge in [0.15, 0.2) is 0 Å². The minimum Gasteiger partial charge on any atom is -0.490 e. The molecular formula is C26H30ClN3O5. The number of carbonyl (C=O) groups excluding carboxylic acids is 3. The molecule has 0 saturated carbocycles. The lowest BCUT2D eigenvalue weighted by molar-refractivity contribution is -0.134. The van der Waals surface area contributed by atoms with Crippen LogP contribution < -0.4 is 15.4 Å². The van der Waals surface area contributed by atoms with Crippen molar-refractivity contribution in [3.63, 3.8) is 0 Å². The highest BCUT2D eigenvalue weighted by molar-refractivity contribution is 6.30. The first-order valence-electron chi connectivity index (χ1n) is 11.9. The SMILES string of the molecule is CCCNC(=O)C[C@@H]1CC[C@@H]2[C@@H](COc3ccc(NC(=O)c4ccc(Cl)cc4)cc3C(=O)N2C)O1. The Morgan fingerprint density at radius 3 is 2.66 bits per heavy atom. The van der Waals surface area contributed by atoms with E-state index in [1.807, 2.05) is 6.92 Å². The van der Waals surface area contributed by atoms with E-state index in [0.29, 0.717) is 53.4 Å². The molecule has 0 radical (unpaired) electrons. The molecular weight excluding hydrogens is 470 g/mol. The largest absolute Gasteiger partial charge is 0.490 e. The molecule has 3 amide bonds. The van der Waals surface area contributed by atoms with Crippen LogP contribution in [0.15, 0.2) is 42.5 Å². The van der Waals surface area contributed by atoms with E-state index in [-0.39, 0.29) is 42.6 Å². The second kappa shape index (κ2) is 11.1. The first-order valence-corrected chi connectivity index (χ1v) is 12.3. The maximum Gasteiger partial charge on any atom is 0.257 e. The molecule has 35 heavy (non-hydrogen) atoms. The van der Waals surface area contributed by atoms with Crippen LogP contribution in [0.1, 0.15) is 53.3 Å². The van der Waals surface area contributed by atoms with Gasteiger partial charge in [-0.05, 0) is 61.7 Å². The third-order valence-corrected chi connectivity index (χ3v) is 6.61.